The minimum atomic E-state index is -5.13. The van der Waals surface area contributed by atoms with Crippen LogP contribution in [-0.4, -0.2) is 41.1 Å². The predicted octanol–water partition coefficient (Wildman–Crippen LogP) is 3.97. The topological polar surface area (TPSA) is 125 Å². The zero-order valence-electron chi connectivity index (χ0n) is 17.0. The van der Waals surface area contributed by atoms with E-state index in [1.165, 1.54) is 13.1 Å². The van der Waals surface area contributed by atoms with Crippen LogP contribution in [0.1, 0.15) is 31.3 Å². The fourth-order valence-electron chi connectivity index (χ4n) is 2.73. The second kappa shape index (κ2) is 9.79. The monoisotopic (exact) mass is 499 g/mol. The Balaban J connectivity index is 1.88. The number of H-pyrrole nitrogens is 1. The first-order chi connectivity index (χ1) is 16.0. The number of amides is 3. The Kier molecular flexibility index (Phi) is 7.05. The highest BCUT2D eigenvalue weighted by Crippen LogP contribution is 2.34. The first-order valence-corrected chi connectivity index (χ1v) is 9.59. The zero-order chi connectivity index (χ0) is 25.0. The van der Waals surface area contributed by atoms with Gasteiger partial charge in [-0.25, -0.2) is 9.37 Å². The summed E-state index contributed by atoms with van der Waals surface area (Å²) in [6.45, 7) is 0. The number of nitrogens with one attached hydrogen (secondary N) is 4. The Morgan fingerprint density at radius 1 is 1.03 bits per heavy atom. The molecule has 0 aliphatic rings. The fourth-order valence-corrected chi connectivity index (χ4v) is 2.98. The van der Waals surface area contributed by atoms with Gasteiger partial charge in [0, 0.05) is 18.8 Å². The lowest BCUT2D eigenvalue weighted by Gasteiger charge is -2.16. The Morgan fingerprint density at radius 3 is 2.41 bits per heavy atom. The van der Waals surface area contributed by atoms with E-state index in [0.29, 0.717) is 0 Å². The predicted molar refractivity (Wildman–Crippen MR) is 112 cm³/mol. The molecule has 9 nitrogen and oxygen atoms in total. The molecule has 0 saturated carbocycles. The molecule has 0 aliphatic heterocycles. The van der Waals surface area contributed by atoms with Crippen molar-refractivity contribution in [3.05, 3.63) is 70.5 Å². The fraction of sp³-hybridized carbons (Fsp3) is 0.100. The van der Waals surface area contributed by atoms with Gasteiger partial charge in [-0.2, -0.15) is 0 Å². The Bertz CT molecular complexity index is 1260. The summed E-state index contributed by atoms with van der Waals surface area (Å²) in [7, 11) is 1.33. The second-order valence-corrected chi connectivity index (χ2v) is 6.90. The lowest BCUT2D eigenvalue weighted by atomic mass is 10.2. The van der Waals surface area contributed by atoms with Crippen molar-refractivity contribution in [1.82, 2.24) is 15.3 Å². The summed E-state index contributed by atoms with van der Waals surface area (Å²) in [5.74, 6) is -4.03. The van der Waals surface area contributed by atoms with E-state index in [1.54, 1.807) is 0 Å². The van der Waals surface area contributed by atoms with Crippen molar-refractivity contribution in [3.63, 3.8) is 0 Å². The van der Waals surface area contributed by atoms with Crippen LogP contribution < -0.4 is 20.7 Å². The molecule has 0 fully saturated rings. The molecule has 3 rings (SSSR count). The molecule has 4 N–H and O–H groups in total. The van der Waals surface area contributed by atoms with Crippen molar-refractivity contribution < 1.29 is 36.7 Å². The van der Waals surface area contributed by atoms with Gasteiger partial charge in [-0.05, 0) is 30.3 Å². The van der Waals surface area contributed by atoms with Crippen LogP contribution in [0.2, 0.25) is 5.02 Å². The first-order valence-electron chi connectivity index (χ1n) is 9.21. The second-order valence-electron chi connectivity index (χ2n) is 6.50. The number of nitrogens with zero attached hydrogens (tertiary/aromatic N) is 1. The van der Waals surface area contributed by atoms with Gasteiger partial charge in [-0.15, -0.1) is 13.2 Å². The van der Waals surface area contributed by atoms with E-state index in [9.17, 15) is 31.9 Å². The van der Waals surface area contributed by atoms with Crippen LogP contribution in [0, 0.1) is 5.82 Å². The lowest BCUT2D eigenvalue weighted by molar-refractivity contribution is -0.274. The summed E-state index contributed by atoms with van der Waals surface area (Å²) < 4.78 is 56.0. The van der Waals surface area contributed by atoms with Gasteiger partial charge in [0.15, 0.2) is 11.4 Å². The normalized spacial score (nSPS) is 11.0. The van der Waals surface area contributed by atoms with Crippen LogP contribution in [0.3, 0.4) is 0 Å². The number of carbonyl (C=O) groups excluding carboxylic acids is 3. The number of hydrogen-bond acceptors (Lipinski definition) is 5. The van der Waals surface area contributed by atoms with Crippen LogP contribution in [-0.2, 0) is 0 Å². The number of aromatic amines is 1. The number of carbonyl (C=O) groups is 3. The molecule has 2 aromatic carbocycles. The van der Waals surface area contributed by atoms with Crippen LogP contribution in [0.15, 0.2) is 42.7 Å². The zero-order valence-corrected chi connectivity index (χ0v) is 17.8. The maximum atomic E-state index is 13.2. The van der Waals surface area contributed by atoms with E-state index in [2.05, 4.69) is 30.7 Å². The van der Waals surface area contributed by atoms with Crippen molar-refractivity contribution >= 4 is 40.7 Å². The molecule has 0 unspecified atom stereocenters. The van der Waals surface area contributed by atoms with E-state index in [-0.39, 0.29) is 27.7 Å². The highest BCUT2D eigenvalue weighted by atomic mass is 35.5. The van der Waals surface area contributed by atoms with Gasteiger partial charge in [-0.3, -0.25) is 14.4 Å². The largest absolute Gasteiger partial charge is 0.573 e. The van der Waals surface area contributed by atoms with Gasteiger partial charge < -0.3 is 25.7 Å². The summed E-state index contributed by atoms with van der Waals surface area (Å²) in [5, 5.41) is 6.53. The first kappa shape index (κ1) is 24.5. The van der Waals surface area contributed by atoms with Crippen LogP contribution in [0.25, 0.3) is 0 Å². The maximum Gasteiger partial charge on any atom is 0.573 e. The van der Waals surface area contributed by atoms with E-state index in [1.807, 2.05) is 0 Å². The van der Waals surface area contributed by atoms with E-state index < -0.39 is 41.3 Å². The number of rotatable bonds is 6. The maximum absolute atomic E-state index is 13.2. The molecule has 0 atom stereocenters. The standard InChI is InChI=1S/C20H14ClF4N5O4/c1-26-18(32)15-16(28-8-27-15)19(33)29-10-3-5-13(14(7-10)34-20(23,24)25)30-17(31)11-4-2-9(22)6-12(11)21/h2-8H,1H3,(H,26,32)(H,27,28)(H,29,33)(H,30,31). The van der Waals surface area contributed by atoms with Crippen molar-refractivity contribution in [3.8, 4) is 5.75 Å². The molecule has 0 bridgehead atoms. The number of alkyl halides is 3. The number of anilines is 2. The van der Waals surface area contributed by atoms with Crippen molar-refractivity contribution in [1.29, 1.82) is 0 Å². The molecule has 0 saturated heterocycles. The average Bonchev–Trinajstić information content (AvgIpc) is 3.24. The van der Waals surface area contributed by atoms with Gasteiger partial charge in [0.2, 0.25) is 0 Å². The molecule has 1 heterocycles. The van der Waals surface area contributed by atoms with E-state index in [0.717, 1.165) is 36.7 Å². The third kappa shape index (κ3) is 5.81. The Labute approximate surface area is 193 Å². The quantitative estimate of drug-likeness (QED) is 0.382. The van der Waals surface area contributed by atoms with E-state index in [4.69, 9.17) is 11.6 Å². The Hall–Kier alpha value is -4.13. The summed E-state index contributed by atoms with van der Waals surface area (Å²) in [6.07, 6.45) is -4.04. The third-order valence-electron chi connectivity index (χ3n) is 4.20. The number of benzene rings is 2. The highest BCUT2D eigenvalue weighted by molar-refractivity contribution is 6.34. The summed E-state index contributed by atoms with van der Waals surface area (Å²) in [6, 6.07) is 5.89. The molecule has 34 heavy (non-hydrogen) atoms. The van der Waals surface area contributed by atoms with Crippen LogP contribution in [0.5, 0.6) is 5.75 Å². The van der Waals surface area contributed by atoms with Crippen molar-refractivity contribution in [2.24, 2.45) is 0 Å². The van der Waals surface area contributed by atoms with Crippen molar-refractivity contribution in [2.45, 2.75) is 6.36 Å². The lowest BCUT2D eigenvalue weighted by Crippen LogP contribution is -2.23. The molecule has 178 valence electrons. The molecule has 0 radical (unpaired) electrons. The molecule has 3 amide bonds. The summed E-state index contributed by atoms with van der Waals surface area (Å²) in [4.78, 5) is 42.9. The van der Waals surface area contributed by atoms with Crippen molar-refractivity contribution in [2.75, 3.05) is 17.7 Å². The minimum Gasteiger partial charge on any atom is -0.403 e. The summed E-state index contributed by atoms with van der Waals surface area (Å²) >= 11 is 5.82. The smallest absolute Gasteiger partial charge is 0.403 e. The number of ether oxygens (including phenoxy) is 1. The highest BCUT2D eigenvalue weighted by Gasteiger charge is 2.33. The number of hydrogen-bond donors (Lipinski definition) is 4. The summed E-state index contributed by atoms with van der Waals surface area (Å²) in [5.41, 5.74) is -1.23. The van der Waals surface area contributed by atoms with Gasteiger partial charge >= 0.3 is 6.36 Å². The van der Waals surface area contributed by atoms with Crippen LogP contribution >= 0.6 is 11.6 Å². The molecule has 0 spiro atoms. The molecule has 3 aromatic rings. The third-order valence-corrected chi connectivity index (χ3v) is 4.51. The number of aromatic nitrogens is 2. The number of imidazole rings is 1. The van der Waals surface area contributed by atoms with Gasteiger partial charge in [0.05, 0.1) is 22.6 Å². The number of halogens is 5. The van der Waals surface area contributed by atoms with Gasteiger partial charge in [0.25, 0.3) is 17.7 Å². The molecule has 14 heteroatoms. The molecule has 1 aromatic heterocycles. The Morgan fingerprint density at radius 2 is 1.76 bits per heavy atom. The van der Waals surface area contributed by atoms with Crippen LogP contribution in [0.4, 0.5) is 28.9 Å². The molecule has 0 aliphatic carbocycles. The van der Waals surface area contributed by atoms with Gasteiger partial charge in [0.1, 0.15) is 11.5 Å². The molecular weight excluding hydrogens is 486 g/mol. The SMILES string of the molecule is CNC(=O)c1[nH]cnc1C(=O)Nc1ccc(NC(=O)c2ccc(F)cc2Cl)c(OC(F)(F)F)c1. The van der Waals surface area contributed by atoms with Gasteiger partial charge in [-0.1, -0.05) is 11.6 Å². The molecular formula is C20H14ClF4N5O4. The minimum absolute atomic E-state index is 0.159. The average molecular weight is 500 g/mol. The van der Waals surface area contributed by atoms with E-state index >= 15 is 0 Å².